The van der Waals surface area contributed by atoms with Gasteiger partial charge < -0.3 is 0 Å². The Morgan fingerprint density at radius 1 is 2.00 bits per heavy atom. The van der Waals surface area contributed by atoms with E-state index in [0.29, 0.717) is 0 Å². The van der Waals surface area contributed by atoms with Crippen LogP contribution in [0.4, 0.5) is 0 Å². The molecule has 0 bridgehead atoms. The summed E-state index contributed by atoms with van der Waals surface area (Å²) in [5.41, 5.74) is 1.40. The summed E-state index contributed by atoms with van der Waals surface area (Å²) in [4.78, 5) is 0. The fraction of sp³-hybridized carbons (Fsp3) is 1.00. The van der Waals surface area contributed by atoms with Crippen LogP contribution in [0, 0.1) is 0 Å². The van der Waals surface area contributed by atoms with Crippen molar-refractivity contribution >= 4 is 19.0 Å². The van der Waals surface area contributed by atoms with Crippen LogP contribution in [0.25, 0.3) is 0 Å². The van der Waals surface area contributed by atoms with Gasteiger partial charge in [0.25, 0.3) is 0 Å². The summed E-state index contributed by atoms with van der Waals surface area (Å²) in [5, 5.41) is 0.981. The molecule has 1 unspecified atom stereocenters. The molecule has 1 rings (SSSR count). The highest BCUT2D eigenvalue weighted by atomic mass is 32.2. The van der Waals surface area contributed by atoms with Crippen molar-refractivity contribution in [2.24, 2.45) is 0 Å². The first-order valence-corrected chi connectivity index (χ1v) is 3.06. The van der Waals surface area contributed by atoms with Gasteiger partial charge in [-0.05, 0) is 10.8 Å². The minimum absolute atomic E-state index is 0.981. The molecule has 0 spiro atoms. The van der Waals surface area contributed by atoms with Gasteiger partial charge in [-0.2, -0.15) is 11.8 Å². The number of rotatable bonds is 0. The van der Waals surface area contributed by atoms with Crippen molar-refractivity contribution in [3.8, 4) is 0 Å². The molecule has 0 aromatic rings. The summed E-state index contributed by atoms with van der Waals surface area (Å²) in [5.74, 6) is 0. The van der Waals surface area contributed by atoms with Crippen molar-refractivity contribution in [2.45, 2.75) is 12.1 Å². The lowest BCUT2D eigenvalue weighted by Crippen LogP contribution is -2.22. The minimum Gasteiger partial charge on any atom is -0.176 e. The first-order valence-electron chi connectivity index (χ1n) is 2.01. The Hall–Kier alpha value is 0.415. The fourth-order valence-electron chi connectivity index (χ4n) is 0.354. The Morgan fingerprint density at radius 2 is 2.40 bits per heavy atom. The highest BCUT2D eigenvalue weighted by Crippen LogP contribution is 2.17. The van der Waals surface area contributed by atoms with E-state index in [9.17, 15) is 0 Å². The van der Waals surface area contributed by atoms with E-state index < -0.39 is 0 Å². The molecule has 1 fully saturated rings. The SMILES string of the molecule is CC1BCS1. The lowest BCUT2D eigenvalue weighted by molar-refractivity contribution is 1.34. The maximum Gasteiger partial charge on any atom is 0.148 e. The van der Waals surface area contributed by atoms with E-state index in [0.717, 1.165) is 5.15 Å². The topological polar surface area (TPSA) is 0 Å². The molecule has 0 radical (unpaired) electrons. The van der Waals surface area contributed by atoms with Crippen LogP contribution in [-0.2, 0) is 0 Å². The molecule has 1 aliphatic rings. The standard InChI is InChI=1S/C3H7BS/c1-3-4-2-5-3/h3-4H,2H2,1H3. The van der Waals surface area contributed by atoms with E-state index in [2.05, 4.69) is 18.7 Å². The second kappa shape index (κ2) is 1.25. The number of hydrogen-bond acceptors (Lipinski definition) is 1. The lowest BCUT2D eigenvalue weighted by Gasteiger charge is -2.16. The predicted molar refractivity (Wildman–Crippen MR) is 29.1 cm³/mol. The maximum absolute atomic E-state index is 2.27. The molecule has 0 saturated carbocycles. The Labute approximate surface area is 37.6 Å². The first-order chi connectivity index (χ1) is 2.39. The van der Waals surface area contributed by atoms with Gasteiger partial charge in [-0.3, -0.25) is 0 Å². The van der Waals surface area contributed by atoms with Crippen molar-refractivity contribution in [3.63, 3.8) is 0 Å². The zero-order chi connectivity index (χ0) is 3.70. The Bertz CT molecular complexity index is 33.9. The number of hydrogen-bond donors (Lipinski definition) is 0. The highest BCUT2D eigenvalue weighted by Gasteiger charge is 2.12. The van der Waals surface area contributed by atoms with Gasteiger partial charge in [0.2, 0.25) is 0 Å². The number of thioether (sulfide) groups is 1. The van der Waals surface area contributed by atoms with Crippen molar-refractivity contribution in [1.82, 2.24) is 0 Å². The highest BCUT2D eigenvalue weighted by molar-refractivity contribution is 8.05. The molecule has 0 amide bonds. The molecule has 1 saturated heterocycles. The molecule has 0 aromatic heterocycles. The molecule has 1 aliphatic heterocycles. The van der Waals surface area contributed by atoms with E-state index in [1.165, 1.54) is 12.9 Å². The van der Waals surface area contributed by atoms with Crippen LogP contribution in [0.2, 0.25) is 0 Å². The predicted octanol–water partition coefficient (Wildman–Crippen LogP) is 0.473. The molecule has 0 aromatic carbocycles. The van der Waals surface area contributed by atoms with E-state index in [-0.39, 0.29) is 0 Å². The van der Waals surface area contributed by atoms with Gasteiger partial charge in [-0.1, -0.05) is 6.92 Å². The van der Waals surface area contributed by atoms with Crippen molar-refractivity contribution in [2.75, 3.05) is 5.65 Å². The third-order valence-electron chi connectivity index (χ3n) is 0.927. The lowest BCUT2D eigenvalue weighted by atomic mass is 9.77. The average Bonchev–Trinajstić information content (AvgIpc) is 1.30. The molecular formula is C3H7BS. The van der Waals surface area contributed by atoms with Gasteiger partial charge in [0, 0.05) is 0 Å². The summed E-state index contributed by atoms with van der Waals surface area (Å²) in [6.45, 7) is 2.27. The van der Waals surface area contributed by atoms with Gasteiger partial charge in [0.05, 0.1) is 0 Å². The molecule has 0 N–H and O–H groups in total. The zero-order valence-electron chi connectivity index (χ0n) is 3.40. The van der Waals surface area contributed by atoms with Crippen LogP contribution in [0.3, 0.4) is 0 Å². The van der Waals surface area contributed by atoms with Crippen LogP contribution < -0.4 is 0 Å². The maximum atomic E-state index is 2.27. The Morgan fingerprint density at radius 3 is 2.40 bits per heavy atom. The monoisotopic (exact) mass is 86.0 g/mol. The Balaban J connectivity index is 2.08. The van der Waals surface area contributed by atoms with Gasteiger partial charge in [-0.25, -0.2) is 0 Å². The van der Waals surface area contributed by atoms with Crippen LogP contribution in [0.15, 0.2) is 0 Å². The van der Waals surface area contributed by atoms with Gasteiger partial charge in [0.1, 0.15) is 7.28 Å². The molecule has 28 valence electrons. The Kier molecular flexibility index (Phi) is 0.901. The third kappa shape index (κ3) is 0.626. The normalized spacial score (nSPS) is 35.0. The minimum atomic E-state index is 0.981. The zero-order valence-corrected chi connectivity index (χ0v) is 4.22. The molecular weight excluding hydrogens is 78.9 g/mol. The van der Waals surface area contributed by atoms with Crippen LogP contribution in [-0.4, -0.2) is 18.1 Å². The van der Waals surface area contributed by atoms with Crippen LogP contribution >= 0.6 is 11.8 Å². The molecule has 1 atom stereocenters. The summed E-state index contributed by atoms with van der Waals surface area (Å²) >= 11 is 2.06. The summed E-state index contributed by atoms with van der Waals surface area (Å²) in [6.07, 6.45) is 0. The third-order valence-corrected chi connectivity index (χ3v) is 2.20. The van der Waals surface area contributed by atoms with Crippen molar-refractivity contribution < 1.29 is 0 Å². The van der Waals surface area contributed by atoms with Crippen molar-refractivity contribution in [1.29, 1.82) is 0 Å². The second-order valence-corrected chi connectivity index (χ2v) is 3.02. The quantitative estimate of drug-likeness (QED) is 0.386. The average molecular weight is 86.0 g/mol. The fourth-order valence-corrected chi connectivity index (χ4v) is 1.06. The van der Waals surface area contributed by atoms with Gasteiger partial charge in [-0.15, -0.1) is 0 Å². The first kappa shape index (κ1) is 3.60. The molecule has 0 nitrogen and oxygen atoms in total. The molecule has 1 heterocycles. The molecule has 5 heavy (non-hydrogen) atoms. The molecule has 0 aliphatic carbocycles. The van der Waals surface area contributed by atoms with Crippen LogP contribution in [0.1, 0.15) is 6.92 Å². The van der Waals surface area contributed by atoms with Gasteiger partial charge in [0.15, 0.2) is 0 Å². The van der Waals surface area contributed by atoms with Crippen molar-refractivity contribution in [3.05, 3.63) is 0 Å². The van der Waals surface area contributed by atoms with E-state index >= 15 is 0 Å². The smallest absolute Gasteiger partial charge is 0.148 e. The van der Waals surface area contributed by atoms with E-state index in [1.807, 2.05) is 0 Å². The van der Waals surface area contributed by atoms with E-state index in [4.69, 9.17) is 0 Å². The second-order valence-electron chi connectivity index (χ2n) is 1.47. The van der Waals surface area contributed by atoms with E-state index in [1.54, 1.807) is 0 Å². The summed E-state index contributed by atoms with van der Waals surface area (Å²) in [6, 6.07) is 0. The summed E-state index contributed by atoms with van der Waals surface area (Å²) < 4.78 is 0. The van der Waals surface area contributed by atoms with Gasteiger partial charge >= 0.3 is 0 Å². The van der Waals surface area contributed by atoms with Crippen LogP contribution in [0.5, 0.6) is 0 Å². The largest absolute Gasteiger partial charge is 0.176 e. The summed E-state index contributed by atoms with van der Waals surface area (Å²) in [7, 11) is 1.45. The molecule has 2 heteroatoms.